The molecule has 1 amide bonds. The third-order valence-electron chi connectivity index (χ3n) is 5.49. The first-order chi connectivity index (χ1) is 12.8. The number of fused-ring (bicyclic) bond motifs is 1. The number of carbonyl (C=O) groups is 1. The van der Waals surface area contributed by atoms with E-state index in [0.29, 0.717) is 13.2 Å². The summed E-state index contributed by atoms with van der Waals surface area (Å²) in [6, 6.07) is 10.3. The molecule has 138 valence electrons. The van der Waals surface area contributed by atoms with Gasteiger partial charge in [-0.05, 0) is 30.4 Å². The van der Waals surface area contributed by atoms with Crippen molar-refractivity contribution < 1.29 is 9.53 Å². The van der Waals surface area contributed by atoms with Crippen molar-refractivity contribution in [2.75, 3.05) is 13.2 Å². The van der Waals surface area contributed by atoms with Gasteiger partial charge in [0, 0.05) is 18.7 Å². The standard InChI is InChI=1S/C21H27N3O2/c25-21(17-9-5-2-6-10-17)22-13-19-20-18(11-12-26-19)15-24(23-20)14-16-7-3-1-4-8-16/h1,3-4,7-8,15,17,19H,2,5-6,9-14H2,(H,22,25)/t19-/m1/s1. The predicted octanol–water partition coefficient (Wildman–Crippen LogP) is 3.24. The topological polar surface area (TPSA) is 56.1 Å². The number of carbonyl (C=O) groups excluding carboxylic acids is 1. The van der Waals surface area contributed by atoms with Crippen LogP contribution in [0, 0.1) is 5.92 Å². The maximum Gasteiger partial charge on any atom is 0.223 e. The first kappa shape index (κ1) is 17.3. The molecule has 1 aromatic heterocycles. The van der Waals surface area contributed by atoms with Gasteiger partial charge < -0.3 is 10.1 Å². The van der Waals surface area contributed by atoms with Crippen LogP contribution in [-0.4, -0.2) is 28.8 Å². The zero-order valence-electron chi connectivity index (χ0n) is 15.2. The number of ether oxygens (including phenoxy) is 1. The van der Waals surface area contributed by atoms with Crippen LogP contribution in [-0.2, 0) is 22.5 Å². The Morgan fingerprint density at radius 2 is 2.00 bits per heavy atom. The van der Waals surface area contributed by atoms with Crippen molar-refractivity contribution in [1.82, 2.24) is 15.1 Å². The van der Waals surface area contributed by atoms with Crippen LogP contribution in [0.3, 0.4) is 0 Å². The van der Waals surface area contributed by atoms with Gasteiger partial charge in [0.1, 0.15) is 6.10 Å². The van der Waals surface area contributed by atoms with E-state index in [2.05, 4.69) is 23.6 Å². The molecule has 2 heterocycles. The van der Waals surface area contributed by atoms with Crippen molar-refractivity contribution >= 4 is 5.91 Å². The molecule has 1 aliphatic carbocycles. The number of hydrogen-bond acceptors (Lipinski definition) is 3. The molecular formula is C21H27N3O2. The van der Waals surface area contributed by atoms with Crippen molar-refractivity contribution in [1.29, 1.82) is 0 Å². The first-order valence-corrected chi connectivity index (χ1v) is 9.79. The molecule has 0 spiro atoms. The highest BCUT2D eigenvalue weighted by atomic mass is 16.5. The van der Waals surface area contributed by atoms with E-state index in [1.165, 1.54) is 30.4 Å². The highest BCUT2D eigenvalue weighted by Crippen LogP contribution is 2.27. The summed E-state index contributed by atoms with van der Waals surface area (Å²) in [6.45, 7) is 1.97. The highest BCUT2D eigenvalue weighted by molar-refractivity contribution is 5.78. The van der Waals surface area contributed by atoms with Crippen molar-refractivity contribution in [3.63, 3.8) is 0 Å². The number of benzene rings is 1. The third-order valence-corrected chi connectivity index (χ3v) is 5.49. The molecular weight excluding hydrogens is 326 g/mol. The van der Waals surface area contributed by atoms with E-state index in [-0.39, 0.29) is 17.9 Å². The van der Waals surface area contributed by atoms with Crippen molar-refractivity contribution in [3.05, 3.63) is 53.3 Å². The van der Waals surface area contributed by atoms with Gasteiger partial charge in [-0.2, -0.15) is 5.10 Å². The summed E-state index contributed by atoms with van der Waals surface area (Å²) in [5.74, 6) is 0.367. The van der Waals surface area contributed by atoms with Crippen LogP contribution < -0.4 is 5.32 Å². The average molecular weight is 353 g/mol. The van der Waals surface area contributed by atoms with Gasteiger partial charge in [-0.1, -0.05) is 49.6 Å². The maximum absolute atomic E-state index is 12.4. The van der Waals surface area contributed by atoms with E-state index >= 15 is 0 Å². The van der Waals surface area contributed by atoms with Gasteiger partial charge in [-0.3, -0.25) is 9.48 Å². The molecule has 1 atom stereocenters. The van der Waals surface area contributed by atoms with E-state index in [9.17, 15) is 4.79 Å². The largest absolute Gasteiger partial charge is 0.370 e. The van der Waals surface area contributed by atoms with Gasteiger partial charge in [0.15, 0.2) is 0 Å². The number of amides is 1. The SMILES string of the molecule is O=C(NC[C@H]1OCCc2cn(Cc3ccccc3)nc21)C1CCCCC1. The van der Waals surface area contributed by atoms with Crippen molar-refractivity contribution in [2.45, 2.75) is 51.2 Å². The minimum atomic E-state index is -0.136. The Hall–Kier alpha value is -2.14. The van der Waals surface area contributed by atoms with E-state index in [1.54, 1.807) is 0 Å². The van der Waals surface area contributed by atoms with E-state index < -0.39 is 0 Å². The number of hydrogen-bond donors (Lipinski definition) is 1. The summed E-state index contributed by atoms with van der Waals surface area (Å²) in [5.41, 5.74) is 3.45. The highest BCUT2D eigenvalue weighted by Gasteiger charge is 2.27. The molecule has 0 unspecified atom stereocenters. The molecule has 26 heavy (non-hydrogen) atoms. The van der Waals surface area contributed by atoms with Crippen LogP contribution in [0.4, 0.5) is 0 Å². The second kappa shape index (κ2) is 8.04. The quantitative estimate of drug-likeness (QED) is 0.898. The Kier molecular flexibility index (Phi) is 5.34. The van der Waals surface area contributed by atoms with E-state index in [0.717, 1.165) is 31.5 Å². The Morgan fingerprint density at radius 1 is 1.19 bits per heavy atom. The zero-order valence-corrected chi connectivity index (χ0v) is 15.2. The second-order valence-electron chi connectivity index (χ2n) is 7.41. The molecule has 0 bridgehead atoms. The lowest BCUT2D eigenvalue weighted by molar-refractivity contribution is -0.126. The Bertz CT molecular complexity index is 735. The van der Waals surface area contributed by atoms with E-state index in [4.69, 9.17) is 9.84 Å². The van der Waals surface area contributed by atoms with Crippen LogP contribution in [0.1, 0.15) is 55.0 Å². The summed E-state index contributed by atoms with van der Waals surface area (Å²) < 4.78 is 7.91. The Morgan fingerprint density at radius 3 is 2.81 bits per heavy atom. The molecule has 1 fully saturated rings. The predicted molar refractivity (Wildman–Crippen MR) is 99.8 cm³/mol. The van der Waals surface area contributed by atoms with Gasteiger partial charge in [0.25, 0.3) is 0 Å². The van der Waals surface area contributed by atoms with Crippen molar-refractivity contribution in [3.8, 4) is 0 Å². The molecule has 5 nitrogen and oxygen atoms in total. The summed E-state index contributed by atoms with van der Waals surface area (Å²) in [4.78, 5) is 12.4. The van der Waals surface area contributed by atoms with Crippen LogP contribution in [0.25, 0.3) is 0 Å². The molecule has 1 N–H and O–H groups in total. The lowest BCUT2D eigenvalue weighted by Gasteiger charge is -2.25. The monoisotopic (exact) mass is 353 g/mol. The lowest BCUT2D eigenvalue weighted by atomic mass is 9.88. The Labute approximate surface area is 154 Å². The summed E-state index contributed by atoms with van der Waals surface area (Å²) >= 11 is 0. The zero-order chi connectivity index (χ0) is 17.8. The fourth-order valence-corrected chi connectivity index (χ4v) is 4.04. The normalized spacial score (nSPS) is 20.5. The van der Waals surface area contributed by atoms with Crippen LogP contribution >= 0.6 is 0 Å². The van der Waals surface area contributed by atoms with Gasteiger partial charge in [0.2, 0.25) is 5.91 Å². The number of aromatic nitrogens is 2. The molecule has 2 aliphatic rings. The van der Waals surface area contributed by atoms with Gasteiger partial charge in [-0.15, -0.1) is 0 Å². The van der Waals surface area contributed by atoms with Crippen LogP contribution in [0.15, 0.2) is 36.5 Å². The first-order valence-electron chi connectivity index (χ1n) is 9.79. The summed E-state index contributed by atoms with van der Waals surface area (Å²) in [7, 11) is 0. The molecule has 5 heteroatoms. The average Bonchev–Trinajstić information content (AvgIpc) is 3.10. The number of nitrogens with zero attached hydrogens (tertiary/aromatic N) is 2. The molecule has 0 radical (unpaired) electrons. The molecule has 4 rings (SSSR count). The fraction of sp³-hybridized carbons (Fsp3) is 0.524. The van der Waals surface area contributed by atoms with Crippen LogP contribution in [0.5, 0.6) is 0 Å². The molecule has 1 saturated carbocycles. The van der Waals surface area contributed by atoms with E-state index in [1.807, 2.05) is 22.9 Å². The molecule has 2 aromatic rings. The number of nitrogens with one attached hydrogen (secondary N) is 1. The Balaban J connectivity index is 1.39. The smallest absolute Gasteiger partial charge is 0.223 e. The molecule has 1 aromatic carbocycles. The van der Waals surface area contributed by atoms with Gasteiger partial charge in [-0.25, -0.2) is 0 Å². The summed E-state index contributed by atoms with van der Waals surface area (Å²) in [6.07, 6.45) is 8.53. The summed E-state index contributed by atoms with van der Waals surface area (Å²) in [5, 5.41) is 7.87. The number of rotatable bonds is 5. The lowest BCUT2D eigenvalue weighted by Crippen LogP contribution is -2.36. The minimum Gasteiger partial charge on any atom is -0.370 e. The molecule has 0 saturated heterocycles. The van der Waals surface area contributed by atoms with Gasteiger partial charge in [0.05, 0.1) is 18.8 Å². The van der Waals surface area contributed by atoms with Crippen molar-refractivity contribution in [2.24, 2.45) is 5.92 Å². The fourth-order valence-electron chi connectivity index (χ4n) is 4.04. The maximum atomic E-state index is 12.4. The van der Waals surface area contributed by atoms with Crippen LogP contribution in [0.2, 0.25) is 0 Å². The second-order valence-corrected chi connectivity index (χ2v) is 7.41. The third kappa shape index (κ3) is 3.98. The molecule has 1 aliphatic heterocycles. The minimum absolute atomic E-state index is 0.136. The van der Waals surface area contributed by atoms with Gasteiger partial charge >= 0.3 is 0 Å².